The van der Waals surface area contributed by atoms with Gasteiger partial charge in [-0.15, -0.1) is 0 Å². The molecule has 0 saturated carbocycles. The van der Waals surface area contributed by atoms with Crippen LogP contribution in [0.1, 0.15) is 29.6 Å². The minimum atomic E-state index is -0.847. The molecule has 7 heteroatoms. The molecule has 0 atom stereocenters. The normalized spacial score (nSPS) is 19.6. The highest BCUT2D eigenvalue weighted by molar-refractivity contribution is 5.94. The van der Waals surface area contributed by atoms with Crippen LogP contribution in [0.4, 0.5) is 8.78 Å². The fraction of sp³-hybridized carbons (Fsp3) is 0.556. The van der Waals surface area contributed by atoms with Gasteiger partial charge >= 0.3 is 0 Å². The van der Waals surface area contributed by atoms with Gasteiger partial charge in [0, 0.05) is 44.7 Å². The lowest BCUT2D eigenvalue weighted by Gasteiger charge is -2.34. The molecule has 2 heterocycles. The van der Waals surface area contributed by atoms with E-state index in [1.54, 1.807) is 4.90 Å². The summed E-state index contributed by atoms with van der Waals surface area (Å²) in [4.78, 5) is 28.5. The van der Waals surface area contributed by atoms with E-state index in [1.165, 1.54) is 6.07 Å². The third-order valence-electron chi connectivity index (χ3n) is 4.94. The van der Waals surface area contributed by atoms with E-state index in [0.29, 0.717) is 25.9 Å². The monoisotopic (exact) mass is 351 g/mol. The second-order valence-electron chi connectivity index (χ2n) is 6.62. The SMILES string of the molecule is O=C(c1ccc(F)cc1F)N1CCC(C(=O)N2CCCNCC2)CC1. The van der Waals surface area contributed by atoms with Crippen LogP contribution >= 0.6 is 0 Å². The summed E-state index contributed by atoms with van der Waals surface area (Å²) in [6.07, 6.45) is 2.11. The van der Waals surface area contributed by atoms with Gasteiger partial charge in [-0.1, -0.05) is 0 Å². The first-order valence-electron chi connectivity index (χ1n) is 8.80. The molecule has 1 aromatic carbocycles. The average Bonchev–Trinajstić information content (AvgIpc) is 2.90. The van der Waals surface area contributed by atoms with E-state index >= 15 is 0 Å². The van der Waals surface area contributed by atoms with Crippen molar-refractivity contribution in [2.24, 2.45) is 5.92 Å². The van der Waals surface area contributed by atoms with Gasteiger partial charge in [-0.2, -0.15) is 0 Å². The molecule has 0 unspecified atom stereocenters. The number of benzene rings is 1. The van der Waals surface area contributed by atoms with Crippen molar-refractivity contribution in [1.82, 2.24) is 15.1 Å². The lowest BCUT2D eigenvalue weighted by atomic mass is 9.94. The van der Waals surface area contributed by atoms with E-state index in [0.717, 1.165) is 44.7 Å². The maximum Gasteiger partial charge on any atom is 0.256 e. The lowest BCUT2D eigenvalue weighted by molar-refractivity contribution is -0.136. The first-order chi connectivity index (χ1) is 12.1. The number of piperidine rings is 1. The standard InChI is InChI=1S/C18H23F2N3O2/c19-14-2-3-15(16(20)12-14)18(25)23-9-4-13(5-10-23)17(24)22-8-1-6-21-7-11-22/h2-3,12-13,21H,1,4-11H2. The minimum absolute atomic E-state index is 0.0831. The van der Waals surface area contributed by atoms with Gasteiger partial charge in [0.25, 0.3) is 5.91 Å². The molecule has 0 aromatic heterocycles. The van der Waals surface area contributed by atoms with Gasteiger partial charge in [0.15, 0.2) is 0 Å². The zero-order valence-electron chi connectivity index (χ0n) is 14.1. The van der Waals surface area contributed by atoms with E-state index in [-0.39, 0.29) is 17.4 Å². The number of nitrogens with zero attached hydrogens (tertiary/aromatic N) is 2. The highest BCUT2D eigenvalue weighted by atomic mass is 19.1. The molecule has 2 fully saturated rings. The number of carbonyl (C=O) groups is 2. The molecule has 5 nitrogen and oxygen atoms in total. The third-order valence-corrected chi connectivity index (χ3v) is 4.94. The molecular weight excluding hydrogens is 328 g/mol. The molecule has 2 amide bonds. The van der Waals surface area contributed by atoms with Crippen molar-refractivity contribution in [3.63, 3.8) is 0 Å². The van der Waals surface area contributed by atoms with Crippen molar-refractivity contribution >= 4 is 11.8 Å². The maximum absolute atomic E-state index is 13.8. The number of nitrogens with one attached hydrogen (secondary N) is 1. The van der Waals surface area contributed by atoms with E-state index in [1.807, 2.05) is 4.90 Å². The second kappa shape index (κ2) is 7.91. The van der Waals surface area contributed by atoms with Crippen molar-refractivity contribution in [1.29, 1.82) is 0 Å². The predicted octanol–water partition coefficient (Wildman–Crippen LogP) is 1.64. The maximum atomic E-state index is 13.8. The van der Waals surface area contributed by atoms with Gasteiger partial charge in [0.1, 0.15) is 11.6 Å². The Morgan fingerprint density at radius 1 is 1.00 bits per heavy atom. The number of rotatable bonds is 2. The molecule has 2 aliphatic rings. The van der Waals surface area contributed by atoms with Crippen LogP contribution in [0.5, 0.6) is 0 Å². The largest absolute Gasteiger partial charge is 0.341 e. The summed E-state index contributed by atoms with van der Waals surface area (Å²) in [5, 5.41) is 3.28. The molecule has 2 saturated heterocycles. The molecular formula is C18H23F2N3O2. The summed E-state index contributed by atoms with van der Waals surface area (Å²) >= 11 is 0. The Balaban J connectivity index is 1.57. The Kier molecular flexibility index (Phi) is 5.63. The van der Waals surface area contributed by atoms with E-state index < -0.39 is 17.5 Å². The van der Waals surface area contributed by atoms with Crippen molar-refractivity contribution < 1.29 is 18.4 Å². The molecule has 25 heavy (non-hydrogen) atoms. The average molecular weight is 351 g/mol. The topological polar surface area (TPSA) is 52.7 Å². The number of hydrogen-bond donors (Lipinski definition) is 1. The Bertz CT molecular complexity index is 637. The van der Waals surface area contributed by atoms with Gasteiger partial charge in [-0.05, 0) is 37.9 Å². The van der Waals surface area contributed by atoms with Gasteiger partial charge < -0.3 is 15.1 Å². The molecule has 3 rings (SSSR count). The first kappa shape index (κ1) is 17.8. The van der Waals surface area contributed by atoms with E-state index in [9.17, 15) is 18.4 Å². The number of halogens is 2. The van der Waals surface area contributed by atoms with Crippen LogP contribution in [0.2, 0.25) is 0 Å². The fourth-order valence-corrected chi connectivity index (χ4v) is 3.49. The molecule has 2 aliphatic heterocycles. The third kappa shape index (κ3) is 4.15. The van der Waals surface area contributed by atoms with Crippen LogP contribution < -0.4 is 5.32 Å². The van der Waals surface area contributed by atoms with Crippen LogP contribution in [-0.2, 0) is 4.79 Å². The minimum Gasteiger partial charge on any atom is -0.341 e. The molecule has 1 aromatic rings. The van der Waals surface area contributed by atoms with E-state index in [4.69, 9.17) is 0 Å². The van der Waals surface area contributed by atoms with Crippen molar-refractivity contribution in [3.8, 4) is 0 Å². The number of likely N-dealkylation sites (tertiary alicyclic amines) is 1. The first-order valence-corrected chi connectivity index (χ1v) is 8.80. The lowest BCUT2D eigenvalue weighted by Crippen LogP contribution is -2.45. The summed E-state index contributed by atoms with van der Waals surface area (Å²) in [5.74, 6) is -1.92. The molecule has 1 N–H and O–H groups in total. The van der Waals surface area contributed by atoms with Crippen molar-refractivity contribution in [3.05, 3.63) is 35.4 Å². The fourth-order valence-electron chi connectivity index (χ4n) is 3.49. The number of amides is 2. The zero-order valence-corrected chi connectivity index (χ0v) is 14.1. The van der Waals surface area contributed by atoms with Crippen LogP contribution in [0, 0.1) is 17.6 Å². The highest BCUT2D eigenvalue weighted by Gasteiger charge is 2.31. The zero-order chi connectivity index (χ0) is 17.8. The van der Waals surface area contributed by atoms with Gasteiger partial charge in [-0.25, -0.2) is 8.78 Å². The summed E-state index contributed by atoms with van der Waals surface area (Å²) in [7, 11) is 0. The molecule has 0 spiro atoms. The molecule has 0 aliphatic carbocycles. The van der Waals surface area contributed by atoms with E-state index in [2.05, 4.69) is 5.32 Å². The Morgan fingerprint density at radius 3 is 2.48 bits per heavy atom. The molecule has 136 valence electrons. The van der Waals surface area contributed by atoms with Crippen LogP contribution in [0.15, 0.2) is 18.2 Å². The van der Waals surface area contributed by atoms with Crippen molar-refractivity contribution in [2.45, 2.75) is 19.3 Å². The van der Waals surface area contributed by atoms with Gasteiger partial charge in [0.2, 0.25) is 5.91 Å². The Hall–Kier alpha value is -2.02. The Labute approximate surface area is 146 Å². The van der Waals surface area contributed by atoms with Crippen LogP contribution in [-0.4, -0.2) is 60.9 Å². The number of carbonyl (C=O) groups excluding carboxylic acids is 2. The smallest absolute Gasteiger partial charge is 0.256 e. The summed E-state index contributed by atoms with van der Waals surface area (Å²) in [6.45, 7) is 4.06. The van der Waals surface area contributed by atoms with Crippen LogP contribution in [0.25, 0.3) is 0 Å². The quantitative estimate of drug-likeness (QED) is 0.881. The van der Waals surface area contributed by atoms with Gasteiger partial charge in [-0.3, -0.25) is 9.59 Å². The second-order valence-corrected chi connectivity index (χ2v) is 6.62. The highest BCUT2D eigenvalue weighted by Crippen LogP contribution is 2.22. The molecule has 0 radical (unpaired) electrons. The summed E-state index contributed by atoms with van der Waals surface area (Å²) < 4.78 is 26.8. The van der Waals surface area contributed by atoms with Gasteiger partial charge in [0.05, 0.1) is 5.56 Å². The summed E-state index contributed by atoms with van der Waals surface area (Å²) in [6, 6.07) is 2.98. The van der Waals surface area contributed by atoms with Crippen molar-refractivity contribution in [2.75, 3.05) is 39.3 Å². The number of hydrogen-bond acceptors (Lipinski definition) is 3. The molecule has 0 bridgehead atoms. The van der Waals surface area contributed by atoms with Crippen LogP contribution in [0.3, 0.4) is 0 Å². The Morgan fingerprint density at radius 2 is 1.76 bits per heavy atom. The summed E-state index contributed by atoms with van der Waals surface area (Å²) in [5.41, 5.74) is -0.121. The predicted molar refractivity (Wildman–Crippen MR) is 89.1 cm³/mol.